The molecule has 10 heteroatoms. The molecule has 1 heterocycles. The lowest BCUT2D eigenvalue weighted by molar-refractivity contribution is 0.173. The van der Waals surface area contributed by atoms with E-state index in [0.717, 1.165) is 5.56 Å². The van der Waals surface area contributed by atoms with Crippen molar-refractivity contribution in [2.24, 2.45) is 10.7 Å². The van der Waals surface area contributed by atoms with Gasteiger partial charge in [0.2, 0.25) is 0 Å². The van der Waals surface area contributed by atoms with Crippen molar-refractivity contribution in [3.8, 4) is 11.5 Å². The van der Waals surface area contributed by atoms with Crippen LogP contribution >= 0.6 is 0 Å². The zero-order valence-corrected chi connectivity index (χ0v) is 18.9. The van der Waals surface area contributed by atoms with Crippen molar-refractivity contribution >= 4 is 16.1 Å². The Morgan fingerprint density at radius 2 is 1.88 bits per heavy atom. The molecule has 1 aliphatic heterocycles. The number of allylic oxidation sites excluding steroid dienone is 1. The molecule has 2 aromatic rings. The van der Waals surface area contributed by atoms with Crippen molar-refractivity contribution in [2.45, 2.75) is 43.3 Å². The fraction of sp³-hybridized carbons (Fsp3) is 0.348. The maximum Gasteiger partial charge on any atom is 0.268 e. The van der Waals surface area contributed by atoms with Crippen molar-refractivity contribution in [3.63, 3.8) is 0 Å². The van der Waals surface area contributed by atoms with Gasteiger partial charge in [-0.1, -0.05) is 36.4 Å². The van der Waals surface area contributed by atoms with E-state index in [1.54, 1.807) is 30.3 Å². The largest absolute Gasteiger partial charge is 0.508 e. The number of benzene rings is 2. The van der Waals surface area contributed by atoms with Gasteiger partial charge in [0.25, 0.3) is 10.1 Å². The summed E-state index contributed by atoms with van der Waals surface area (Å²) in [5.74, 6) is 1.10. The highest BCUT2D eigenvalue weighted by Gasteiger charge is 2.22. The zero-order valence-electron chi connectivity index (χ0n) is 18.0. The Morgan fingerprint density at radius 3 is 2.52 bits per heavy atom. The summed E-state index contributed by atoms with van der Waals surface area (Å²) < 4.78 is 39.1. The number of aromatic hydroxyl groups is 1. The van der Waals surface area contributed by atoms with E-state index in [0.29, 0.717) is 36.7 Å². The summed E-state index contributed by atoms with van der Waals surface area (Å²) in [6.45, 7) is 0.596. The topological polar surface area (TPSA) is 154 Å². The number of aryl methyl sites for hydroxylation is 1. The number of ether oxygens (including phenoxy) is 1. The van der Waals surface area contributed by atoms with Crippen LogP contribution in [-0.2, 0) is 16.5 Å². The number of hydrogen-bond acceptors (Lipinski definition) is 8. The van der Waals surface area contributed by atoms with Crippen LogP contribution in [0.1, 0.15) is 36.5 Å². The molecule has 0 aromatic heterocycles. The number of phenolic OH excluding ortho intramolecular Hbond substituents is 1. The summed E-state index contributed by atoms with van der Waals surface area (Å²) >= 11 is 0. The molecule has 0 fully saturated rings. The van der Waals surface area contributed by atoms with Crippen molar-refractivity contribution in [2.75, 3.05) is 6.54 Å². The SMILES string of the molecule is NC1=NCCC(Oc2ccc(CCC(CC=CC(O)c3ccc(O)cc3)S(=O)(=O)O)cc2)N1. The maximum absolute atomic E-state index is 11.8. The van der Waals surface area contributed by atoms with Gasteiger partial charge in [-0.3, -0.25) is 9.55 Å². The third-order valence-electron chi connectivity index (χ3n) is 5.31. The number of rotatable bonds is 10. The standard InChI is InChI=1S/C23H29N3O6S/c24-23-25-15-14-22(26-23)32-19-11-4-16(5-12-19)6-13-20(33(29,30)31)2-1-3-21(28)17-7-9-18(27)10-8-17/h1,3-5,7-12,20-22,27-28H,2,6,13-15H2,(H3,24,25,26)(H,29,30,31). The first-order valence-electron chi connectivity index (χ1n) is 10.6. The molecule has 6 N–H and O–H groups in total. The van der Waals surface area contributed by atoms with Crippen molar-refractivity contribution in [1.29, 1.82) is 0 Å². The predicted octanol–water partition coefficient (Wildman–Crippen LogP) is 2.27. The van der Waals surface area contributed by atoms with Crippen LogP contribution in [0.5, 0.6) is 11.5 Å². The fourth-order valence-electron chi connectivity index (χ4n) is 3.43. The minimum absolute atomic E-state index is 0.0610. The van der Waals surface area contributed by atoms with Crippen LogP contribution in [0.25, 0.3) is 0 Å². The Kier molecular flexibility index (Phi) is 8.32. The predicted molar refractivity (Wildman–Crippen MR) is 126 cm³/mol. The lowest BCUT2D eigenvalue weighted by Gasteiger charge is -2.23. The van der Waals surface area contributed by atoms with Gasteiger partial charge >= 0.3 is 0 Å². The molecule has 0 saturated heterocycles. The van der Waals surface area contributed by atoms with Crippen LogP contribution in [-0.4, -0.2) is 47.2 Å². The summed E-state index contributed by atoms with van der Waals surface area (Å²) in [7, 11) is -4.26. The Balaban J connectivity index is 1.53. The fourth-order valence-corrected chi connectivity index (χ4v) is 4.20. The second-order valence-corrected chi connectivity index (χ2v) is 9.52. The molecule has 3 rings (SSSR count). The molecule has 2 aromatic carbocycles. The number of guanidine groups is 1. The molecule has 3 unspecified atom stereocenters. The van der Waals surface area contributed by atoms with E-state index in [2.05, 4.69) is 10.3 Å². The molecule has 0 spiro atoms. The number of nitrogens with zero attached hydrogens (tertiary/aromatic N) is 1. The summed E-state index contributed by atoms with van der Waals surface area (Å²) in [6.07, 6.45) is 3.24. The molecular weight excluding hydrogens is 446 g/mol. The first-order valence-corrected chi connectivity index (χ1v) is 12.1. The van der Waals surface area contributed by atoms with Crippen LogP contribution in [0.2, 0.25) is 0 Å². The van der Waals surface area contributed by atoms with Crippen molar-refractivity contribution in [1.82, 2.24) is 5.32 Å². The summed E-state index contributed by atoms with van der Waals surface area (Å²) in [5, 5.41) is 21.5. The van der Waals surface area contributed by atoms with E-state index >= 15 is 0 Å². The lowest BCUT2D eigenvalue weighted by atomic mass is 10.1. The van der Waals surface area contributed by atoms with Gasteiger partial charge in [0, 0.05) is 13.0 Å². The number of aliphatic hydroxyl groups excluding tert-OH is 1. The Bertz CT molecular complexity index is 1070. The molecular formula is C23H29N3O6S. The van der Waals surface area contributed by atoms with E-state index in [1.807, 2.05) is 12.1 Å². The smallest absolute Gasteiger partial charge is 0.268 e. The molecule has 0 amide bonds. The zero-order chi connectivity index (χ0) is 23.8. The van der Waals surface area contributed by atoms with Crippen LogP contribution in [0.3, 0.4) is 0 Å². The highest BCUT2D eigenvalue weighted by molar-refractivity contribution is 7.86. The monoisotopic (exact) mass is 475 g/mol. The molecule has 0 aliphatic carbocycles. The Morgan fingerprint density at radius 1 is 1.18 bits per heavy atom. The van der Waals surface area contributed by atoms with Crippen LogP contribution in [0.4, 0.5) is 0 Å². The van der Waals surface area contributed by atoms with Gasteiger partial charge in [0.05, 0.1) is 11.4 Å². The third-order valence-corrected chi connectivity index (χ3v) is 6.58. The van der Waals surface area contributed by atoms with Gasteiger partial charge < -0.3 is 26.0 Å². The molecule has 3 atom stereocenters. The van der Waals surface area contributed by atoms with E-state index < -0.39 is 21.5 Å². The van der Waals surface area contributed by atoms with Crippen LogP contribution in [0.15, 0.2) is 65.7 Å². The highest BCUT2D eigenvalue weighted by Crippen LogP contribution is 2.21. The molecule has 0 radical (unpaired) electrons. The number of hydrogen-bond donors (Lipinski definition) is 5. The molecule has 178 valence electrons. The Hall–Kier alpha value is -3.08. The highest BCUT2D eigenvalue weighted by atomic mass is 32.2. The molecule has 33 heavy (non-hydrogen) atoms. The average molecular weight is 476 g/mol. The van der Waals surface area contributed by atoms with Gasteiger partial charge in [0.1, 0.15) is 11.5 Å². The van der Waals surface area contributed by atoms with Crippen molar-refractivity contribution < 1.29 is 27.9 Å². The second-order valence-electron chi connectivity index (χ2n) is 7.83. The normalized spacial score (nSPS) is 18.4. The number of nitrogens with two attached hydrogens (primary N) is 1. The average Bonchev–Trinajstić information content (AvgIpc) is 2.76. The lowest BCUT2D eigenvalue weighted by Crippen LogP contribution is -2.46. The number of nitrogens with one attached hydrogen (secondary N) is 1. The quantitative estimate of drug-likeness (QED) is 0.259. The van der Waals surface area contributed by atoms with Gasteiger partial charge in [-0.25, -0.2) is 0 Å². The Labute approximate surface area is 193 Å². The summed E-state index contributed by atoms with van der Waals surface area (Å²) in [5.41, 5.74) is 7.12. The molecule has 1 aliphatic rings. The first kappa shape index (κ1) is 24.6. The first-order chi connectivity index (χ1) is 15.7. The minimum Gasteiger partial charge on any atom is -0.508 e. The third kappa shape index (κ3) is 7.77. The van der Waals surface area contributed by atoms with Gasteiger partial charge in [-0.15, -0.1) is 0 Å². The molecule has 9 nitrogen and oxygen atoms in total. The number of aliphatic imine (C=N–C) groups is 1. The van der Waals surface area contributed by atoms with E-state index in [-0.39, 0.29) is 24.8 Å². The van der Waals surface area contributed by atoms with E-state index in [9.17, 15) is 23.2 Å². The van der Waals surface area contributed by atoms with Gasteiger partial charge in [-0.2, -0.15) is 8.42 Å². The summed E-state index contributed by atoms with van der Waals surface area (Å²) in [6, 6.07) is 13.4. The van der Waals surface area contributed by atoms with Crippen molar-refractivity contribution in [3.05, 3.63) is 71.8 Å². The second kappa shape index (κ2) is 11.2. The molecule has 0 bridgehead atoms. The summed E-state index contributed by atoms with van der Waals surface area (Å²) in [4.78, 5) is 4.05. The number of phenols is 1. The number of aliphatic hydroxyl groups is 1. The minimum atomic E-state index is -4.26. The van der Waals surface area contributed by atoms with Gasteiger partial charge in [0.15, 0.2) is 12.2 Å². The van der Waals surface area contributed by atoms with E-state index in [4.69, 9.17) is 10.5 Å². The van der Waals surface area contributed by atoms with Crippen LogP contribution < -0.4 is 15.8 Å². The van der Waals surface area contributed by atoms with Gasteiger partial charge in [-0.05, 0) is 54.7 Å². The molecule has 0 saturated carbocycles. The van der Waals surface area contributed by atoms with E-state index in [1.165, 1.54) is 18.2 Å². The van der Waals surface area contributed by atoms with Crippen LogP contribution in [0, 0.1) is 0 Å². The maximum atomic E-state index is 11.8.